The van der Waals surface area contributed by atoms with Gasteiger partial charge in [-0.15, -0.1) is 10.2 Å². The highest BCUT2D eigenvalue weighted by Crippen LogP contribution is 2.26. The lowest BCUT2D eigenvalue weighted by Gasteiger charge is -2.23. The zero-order valence-electron chi connectivity index (χ0n) is 11.7. The summed E-state index contributed by atoms with van der Waals surface area (Å²) in [7, 11) is 0. The molecule has 0 atom stereocenters. The van der Waals surface area contributed by atoms with E-state index in [1.165, 1.54) is 0 Å². The molecule has 0 saturated carbocycles. The average molecular weight is 277 g/mol. The maximum Gasteiger partial charge on any atom is 0.303 e. The molecule has 108 valence electrons. The lowest BCUT2D eigenvalue weighted by molar-refractivity contribution is -0.137. The van der Waals surface area contributed by atoms with E-state index in [0.29, 0.717) is 24.4 Å². The first-order valence-electron chi connectivity index (χ1n) is 6.58. The number of carboxylic acids is 1. The second kappa shape index (κ2) is 5.85. The van der Waals surface area contributed by atoms with Crippen LogP contribution < -0.4 is 5.32 Å². The van der Waals surface area contributed by atoms with Crippen molar-refractivity contribution in [1.29, 1.82) is 0 Å². The van der Waals surface area contributed by atoms with Gasteiger partial charge in [0, 0.05) is 25.4 Å². The van der Waals surface area contributed by atoms with Crippen LogP contribution in [0.1, 0.15) is 33.1 Å². The molecule has 2 heterocycles. The van der Waals surface area contributed by atoms with Crippen molar-refractivity contribution in [1.82, 2.24) is 19.6 Å². The van der Waals surface area contributed by atoms with E-state index >= 15 is 0 Å². The van der Waals surface area contributed by atoms with Gasteiger partial charge in [-0.1, -0.05) is 13.8 Å². The fourth-order valence-electron chi connectivity index (χ4n) is 1.97. The van der Waals surface area contributed by atoms with Crippen LogP contribution in [-0.2, 0) is 4.79 Å². The minimum Gasteiger partial charge on any atom is -0.481 e. The zero-order chi connectivity index (χ0) is 14.6. The molecule has 0 radical (unpaired) electrons. The van der Waals surface area contributed by atoms with Crippen molar-refractivity contribution in [3.05, 3.63) is 18.7 Å². The molecule has 0 saturated heterocycles. The van der Waals surface area contributed by atoms with Crippen molar-refractivity contribution in [2.75, 3.05) is 11.9 Å². The number of hydrogen-bond acceptors (Lipinski definition) is 5. The summed E-state index contributed by atoms with van der Waals surface area (Å²) in [6, 6.07) is 0. The number of carbonyl (C=O) groups is 1. The first-order chi connectivity index (χ1) is 9.48. The van der Waals surface area contributed by atoms with Crippen LogP contribution >= 0.6 is 0 Å². The summed E-state index contributed by atoms with van der Waals surface area (Å²) in [5.74, 6) is -0.0556. The number of aliphatic carboxylic acids is 1. The summed E-state index contributed by atoms with van der Waals surface area (Å²) in [5, 5.41) is 19.8. The number of rotatable bonds is 7. The molecule has 7 nitrogen and oxygen atoms in total. The van der Waals surface area contributed by atoms with Gasteiger partial charge in [0.05, 0.1) is 0 Å². The van der Waals surface area contributed by atoms with E-state index in [4.69, 9.17) is 5.11 Å². The molecule has 2 N–H and O–H groups in total. The quantitative estimate of drug-likeness (QED) is 0.802. The van der Waals surface area contributed by atoms with Gasteiger partial charge in [0.2, 0.25) is 5.65 Å². The lowest BCUT2D eigenvalue weighted by atomic mass is 9.84. The van der Waals surface area contributed by atoms with Crippen LogP contribution in [0.3, 0.4) is 0 Å². The normalized spacial score (nSPS) is 11.7. The van der Waals surface area contributed by atoms with Gasteiger partial charge in [-0.3, -0.25) is 9.20 Å². The second-order valence-corrected chi connectivity index (χ2v) is 5.57. The standard InChI is InChI=1S/C13H19N5O2/c1-13(2,4-3-10(19)20)5-6-14-11-12-17-16-9-18(12)8-7-15-11/h7-9H,3-6H2,1-2H3,(H,14,15)(H,19,20). The number of carboxylic acid groups (broad SMARTS) is 1. The predicted octanol–water partition coefficient (Wildman–Crippen LogP) is 1.82. The molecular formula is C13H19N5O2. The Bertz CT molecular complexity index is 593. The van der Waals surface area contributed by atoms with E-state index in [9.17, 15) is 4.79 Å². The molecule has 20 heavy (non-hydrogen) atoms. The van der Waals surface area contributed by atoms with E-state index in [-0.39, 0.29) is 11.8 Å². The monoisotopic (exact) mass is 277 g/mol. The van der Waals surface area contributed by atoms with Crippen LogP contribution in [0, 0.1) is 5.41 Å². The number of aromatic nitrogens is 4. The molecule has 2 aromatic rings. The molecule has 0 bridgehead atoms. The van der Waals surface area contributed by atoms with Gasteiger partial charge < -0.3 is 10.4 Å². The molecular weight excluding hydrogens is 258 g/mol. The molecule has 0 aliphatic rings. The largest absolute Gasteiger partial charge is 0.481 e. The van der Waals surface area contributed by atoms with Crippen molar-refractivity contribution < 1.29 is 9.90 Å². The molecule has 2 aromatic heterocycles. The molecule has 0 aromatic carbocycles. The highest BCUT2D eigenvalue weighted by atomic mass is 16.4. The molecule has 0 aliphatic carbocycles. The number of anilines is 1. The van der Waals surface area contributed by atoms with Gasteiger partial charge in [-0.25, -0.2) is 4.98 Å². The van der Waals surface area contributed by atoms with Gasteiger partial charge in [0.1, 0.15) is 6.33 Å². The Morgan fingerprint density at radius 2 is 2.25 bits per heavy atom. The number of fused-ring (bicyclic) bond motifs is 1. The third-order valence-corrected chi connectivity index (χ3v) is 3.33. The van der Waals surface area contributed by atoms with Gasteiger partial charge in [0.25, 0.3) is 0 Å². The first-order valence-corrected chi connectivity index (χ1v) is 6.58. The second-order valence-electron chi connectivity index (χ2n) is 5.57. The van der Waals surface area contributed by atoms with Gasteiger partial charge in [-0.2, -0.15) is 0 Å². The topological polar surface area (TPSA) is 92.4 Å². The number of hydrogen-bond donors (Lipinski definition) is 2. The average Bonchev–Trinajstić information content (AvgIpc) is 2.85. The molecule has 0 aliphatic heterocycles. The van der Waals surface area contributed by atoms with E-state index < -0.39 is 5.97 Å². The lowest BCUT2D eigenvalue weighted by Crippen LogP contribution is -2.18. The van der Waals surface area contributed by atoms with Gasteiger partial charge in [0.15, 0.2) is 5.82 Å². The number of nitrogens with zero attached hydrogens (tertiary/aromatic N) is 4. The van der Waals surface area contributed by atoms with Crippen LogP contribution in [0.4, 0.5) is 5.82 Å². The van der Waals surface area contributed by atoms with Crippen LogP contribution in [0.25, 0.3) is 5.65 Å². The summed E-state index contributed by atoms with van der Waals surface area (Å²) in [6.07, 6.45) is 6.82. The van der Waals surface area contributed by atoms with Crippen LogP contribution in [0.2, 0.25) is 0 Å². The molecule has 2 rings (SSSR count). The molecule has 0 amide bonds. The highest BCUT2D eigenvalue weighted by molar-refractivity contribution is 5.66. The van der Waals surface area contributed by atoms with Crippen molar-refractivity contribution >= 4 is 17.4 Å². The highest BCUT2D eigenvalue weighted by Gasteiger charge is 2.19. The third kappa shape index (κ3) is 3.66. The Labute approximate surface area is 117 Å². The van der Waals surface area contributed by atoms with Gasteiger partial charge in [-0.05, 0) is 18.3 Å². The Morgan fingerprint density at radius 1 is 1.45 bits per heavy atom. The van der Waals surface area contributed by atoms with Crippen LogP contribution in [0.15, 0.2) is 18.7 Å². The summed E-state index contributed by atoms with van der Waals surface area (Å²) in [4.78, 5) is 14.9. The predicted molar refractivity (Wildman–Crippen MR) is 74.5 cm³/mol. The molecule has 0 fully saturated rings. The van der Waals surface area contributed by atoms with E-state index in [1.807, 2.05) is 0 Å². The number of nitrogens with one attached hydrogen (secondary N) is 1. The van der Waals surface area contributed by atoms with E-state index in [0.717, 1.165) is 6.42 Å². The van der Waals surface area contributed by atoms with Crippen LogP contribution in [0.5, 0.6) is 0 Å². The summed E-state index contributed by atoms with van der Waals surface area (Å²) >= 11 is 0. The van der Waals surface area contributed by atoms with Crippen molar-refractivity contribution in [2.24, 2.45) is 5.41 Å². The van der Waals surface area contributed by atoms with E-state index in [2.05, 4.69) is 34.3 Å². The molecule has 7 heteroatoms. The van der Waals surface area contributed by atoms with Crippen LogP contribution in [-0.4, -0.2) is 37.2 Å². The molecule has 0 spiro atoms. The maximum atomic E-state index is 10.6. The first kappa shape index (κ1) is 14.2. The minimum atomic E-state index is -0.749. The van der Waals surface area contributed by atoms with Crippen molar-refractivity contribution in [2.45, 2.75) is 33.1 Å². The Hall–Kier alpha value is -2.18. The maximum absolute atomic E-state index is 10.6. The third-order valence-electron chi connectivity index (χ3n) is 3.33. The van der Waals surface area contributed by atoms with Crippen molar-refractivity contribution in [3.8, 4) is 0 Å². The fourth-order valence-corrected chi connectivity index (χ4v) is 1.97. The fraction of sp³-hybridized carbons (Fsp3) is 0.538. The zero-order valence-corrected chi connectivity index (χ0v) is 11.7. The summed E-state index contributed by atoms with van der Waals surface area (Å²) in [6.45, 7) is 4.86. The SMILES string of the molecule is CC(C)(CCNc1nccn2cnnc12)CCC(=O)O. The van der Waals surface area contributed by atoms with Crippen molar-refractivity contribution in [3.63, 3.8) is 0 Å². The Kier molecular flexibility index (Phi) is 4.16. The summed E-state index contributed by atoms with van der Waals surface area (Å²) < 4.78 is 1.80. The van der Waals surface area contributed by atoms with Gasteiger partial charge >= 0.3 is 5.97 Å². The van der Waals surface area contributed by atoms with E-state index in [1.54, 1.807) is 23.1 Å². The molecule has 0 unspecified atom stereocenters. The smallest absolute Gasteiger partial charge is 0.303 e. The summed E-state index contributed by atoms with van der Waals surface area (Å²) in [5.41, 5.74) is 0.667. The Morgan fingerprint density at radius 3 is 3.00 bits per heavy atom. The minimum absolute atomic E-state index is 0.0237. The Balaban J connectivity index is 1.89.